The quantitative estimate of drug-likeness (QED) is 0.557. The van der Waals surface area contributed by atoms with E-state index in [1.807, 2.05) is 0 Å². The van der Waals surface area contributed by atoms with Crippen molar-refractivity contribution in [2.75, 3.05) is 13.2 Å². The topological polar surface area (TPSA) is 104 Å². The van der Waals surface area contributed by atoms with Gasteiger partial charge in [0.2, 0.25) is 10.0 Å². The van der Waals surface area contributed by atoms with Gasteiger partial charge >= 0.3 is 0 Å². The fourth-order valence-corrected chi connectivity index (χ4v) is 2.58. The summed E-state index contributed by atoms with van der Waals surface area (Å²) < 4.78 is 37.0. The van der Waals surface area contributed by atoms with Crippen molar-refractivity contribution in [2.45, 2.75) is 11.4 Å². The molecule has 0 unspecified atom stereocenters. The van der Waals surface area contributed by atoms with Gasteiger partial charge in [-0.05, 0) is 36.4 Å². The molecule has 1 aromatic heterocycles. The molecule has 0 atom stereocenters. The first-order valence-electron chi connectivity index (χ1n) is 6.18. The highest BCUT2D eigenvalue weighted by Gasteiger charge is 2.14. The Hall–Kier alpha value is -1.87. The third-order valence-electron chi connectivity index (χ3n) is 2.62. The number of sulfonamides is 1. The molecule has 1 heterocycles. The lowest BCUT2D eigenvalue weighted by Gasteiger charge is -2.08. The summed E-state index contributed by atoms with van der Waals surface area (Å²) in [6.07, 6.45) is 1.49. The molecule has 3 N–H and O–H groups in total. The van der Waals surface area contributed by atoms with Crippen LogP contribution in [0.4, 0.5) is 0 Å². The van der Waals surface area contributed by atoms with Crippen molar-refractivity contribution in [1.82, 2.24) is 4.72 Å². The number of nitrogens with two attached hydrogens (primary N) is 1. The highest BCUT2D eigenvalue weighted by Crippen LogP contribution is 2.16. The van der Waals surface area contributed by atoms with Gasteiger partial charge in [-0.15, -0.1) is 0 Å². The third-order valence-corrected chi connectivity index (χ3v) is 4.04. The van der Waals surface area contributed by atoms with Crippen LogP contribution in [0.2, 0.25) is 0 Å². The molecule has 114 valence electrons. The molecule has 21 heavy (non-hydrogen) atoms. The summed E-state index contributed by atoms with van der Waals surface area (Å²) in [6, 6.07) is 9.45. The van der Waals surface area contributed by atoms with Crippen LogP contribution in [0, 0.1) is 0 Å². The van der Waals surface area contributed by atoms with Crippen LogP contribution >= 0.6 is 0 Å². The summed E-state index contributed by atoms with van der Waals surface area (Å²) in [7, 11) is -3.59. The van der Waals surface area contributed by atoms with E-state index in [9.17, 15) is 8.42 Å². The van der Waals surface area contributed by atoms with Gasteiger partial charge in [-0.3, -0.25) is 0 Å². The lowest BCUT2D eigenvalue weighted by molar-refractivity contribution is 0.102. The van der Waals surface area contributed by atoms with E-state index in [4.69, 9.17) is 15.1 Å². The number of nitrogens with one attached hydrogen (secondary N) is 1. The molecule has 0 amide bonds. The average Bonchev–Trinajstić information content (AvgIpc) is 3.00. The highest BCUT2D eigenvalue weighted by atomic mass is 32.2. The third kappa shape index (κ3) is 4.57. The van der Waals surface area contributed by atoms with Gasteiger partial charge in [0.15, 0.2) is 0 Å². The second-order valence-corrected chi connectivity index (χ2v) is 5.86. The number of ether oxygens (including phenoxy) is 1. The summed E-state index contributed by atoms with van der Waals surface area (Å²) in [4.78, 5) is 4.52. The SMILES string of the molecule is NOCCOc1ccc(S(=O)(=O)NCc2ccco2)cc1. The molecule has 0 aliphatic rings. The lowest BCUT2D eigenvalue weighted by atomic mass is 10.3. The van der Waals surface area contributed by atoms with E-state index in [0.717, 1.165) is 0 Å². The zero-order valence-corrected chi connectivity index (χ0v) is 12.0. The Morgan fingerprint density at radius 2 is 1.90 bits per heavy atom. The molecule has 0 spiro atoms. The van der Waals surface area contributed by atoms with Crippen molar-refractivity contribution >= 4 is 10.0 Å². The van der Waals surface area contributed by atoms with Gasteiger partial charge in [-0.25, -0.2) is 19.0 Å². The van der Waals surface area contributed by atoms with Crippen molar-refractivity contribution in [1.29, 1.82) is 0 Å². The second kappa shape index (κ2) is 7.23. The Morgan fingerprint density at radius 1 is 1.14 bits per heavy atom. The normalized spacial score (nSPS) is 11.5. The van der Waals surface area contributed by atoms with Gasteiger partial charge in [0.1, 0.15) is 24.7 Å². The minimum atomic E-state index is -3.59. The van der Waals surface area contributed by atoms with Crippen molar-refractivity contribution in [3.05, 3.63) is 48.4 Å². The van der Waals surface area contributed by atoms with E-state index in [-0.39, 0.29) is 18.0 Å². The molecule has 8 heteroatoms. The molecule has 0 saturated carbocycles. The van der Waals surface area contributed by atoms with E-state index in [0.29, 0.717) is 18.1 Å². The van der Waals surface area contributed by atoms with E-state index < -0.39 is 10.0 Å². The molecule has 0 saturated heterocycles. The highest BCUT2D eigenvalue weighted by molar-refractivity contribution is 7.89. The van der Waals surface area contributed by atoms with Crippen molar-refractivity contribution in [3.63, 3.8) is 0 Å². The van der Waals surface area contributed by atoms with Crippen LogP contribution in [0.1, 0.15) is 5.76 Å². The van der Waals surface area contributed by atoms with Crippen LogP contribution in [0.3, 0.4) is 0 Å². The maximum atomic E-state index is 12.1. The Bertz CT molecular complexity index is 638. The van der Waals surface area contributed by atoms with Crippen LogP contribution < -0.4 is 15.4 Å². The molecule has 7 nitrogen and oxygen atoms in total. The van der Waals surface area contributed by atoms with Gasteiger partial charge in [-0.1, -0.05) is 0 Å². The second-order valence-electron chi connectivity index (χ2n) is 4.09. The zero-order valence-electron chi connectivity index (χ0n) is 11.2. The van der Waals surface area contributed by atoms with E-state index in [1.165, 1.54) is 18.4 Å². The summed E-state index contributed by atoms with van der Waals surface area (Å²) in [6.45, 7) is 0.644. The number of furan rings is 1. The zero-order chi connectivity index (χ0) is 15.1. The van der Waals surface area contributed by atoms with Crippen LogP contribution in [-0.2, 0) is 21.4 Å². The van der Waals surface area contributed by atoms with Crippen molar-refractivity contribution < 1.29 is 22.4 Å². The Labute approximate surface area is 122 Å². The summed E-state index contributed by atoms with van der Waals surface area (Å²) in [5.41, 5.74) is 0. The Balaban J connectivity index is 1.96. The minimum absolute atomic E-state index is 0.0986. The first-order chi connectivity index (χ1) is 10.1. The fourth-order valence-electron chi connectivity index (χ4n) is 1.59. The number of benzene rings is 1. The maximum absolute atomic E-state index is 12.1. The Kier molecular flexibility index (Phi) is 5.34. The van der Waals surface area contributed by atoms with Gasteiger partial charge in [0.25, 0.3) is 0 Å². The molecule has 2 rings (SSSR count). The molecule has 0 fully saturated rings. The molecular formula is C13H16N2O5S. The average molecular weight is 312 g/mol. The van der Waals surface area contributed by atoms with Crippen LogP contribution in [0.15, 0.2) is 52.0 Å². The van der Waals surface area contributed by atoms with Crippen molar-refractivity contribution in [2.24, 2.45) is 5.90 Å². The monoisotopic (exact) mass is 312 g/mol. The molecule has 2 aromatic rings. The van der Waals surface area contributed by atoms with Crippen LogP contribution in [0.25, 0.3) is 0 Å². The Morgan fingerprint density at radius 3 is 2.52 bits per heavy atom. The smallest absolute Gasteiger partial charge is 0.240 e. The molecule has 0 bridgehead atoms. The summed E-state index contributed by atoms with van der Waals surface area (Å²) in [5.74, 6) is 5.95. The molecule has 0 aliphatic carbocycles. The first-order valence-corrected chi connectivity index (χ1v) is 7.67. The summed E-state index contributed by atoms with van der Waals surface area (Å²) in [5, 5.41) is 0. The van der Waals surface area contributed by atoms with Crippen LogP contribution in [-0.4, -0.2) is 21.6 Å². The lowest BCUT2D eigenvalue weighted by Crippen LogP contribution is -2.22. The summed E-state index contributed by atoms with van der Waals surface area (Å²) >= 11 is 0. The predicted octanol–water partition coefficient (Wildman–Crippen LogP) is 1.03. The fraction of sp³-hybridized carbons (Fsp3) is 0.231. The van der Waals surface area contributed by atoms with E-state index in [2.05, 4.69) is 9.56 Å². The molecular weight excluding hydrogens is 296 g/mol. The molecule has 1 aromatic carbocycles. The molecule has 0 radical (unpaired) electrons. The largest absolute Gasteiger partial charge is 0.491 e. The maximum Gasteiger partial charge on any atom is 0.240 e. The first kappa shape index (κ1) is 15.5. The van der Waals surface area contributed by atoms with Gasteiger partial charge in [-0.2, -0.15) is 0 Å². The van der Waals surface area contributed by atoms with Gasteiger partial charge in [0, 0.05) is 0 Å². The van der Waals surface area contributed by atoms with E-state index >= 15 is 0 Å². The number of hydrogen-bond acceptors (Lipinski definition) is 6. The number of hydrogen-bond donors (Lipinski definition) is 2. The van der Waals surface area contributed by atoms with Crippen molar-refractivity contribution in [3.8, 4) is 5.75 Å². The minimum Gasteiger partial charge on any atom is -0.491 e. The van der Waals surface area contributed by atoms with Gasteiger partial charge in [0.05, 0.1) is 17.7 Å². The predicted molar refractivity (Wildman–Crippen MR) is 74.8 cm³/mol. The standard InChI is InChI=1S/C13H16N2O5S/c14-20-9-8-19-11-3-5-13(6-4-11)21(16,17)15-10-12-2-1-7-18-12/h1-7,15H,8-10,14H2. The van der Waals surface area contributed by atoms with Crippen LogP contribution in [0.5, 0.6) is 5.75 Å². The number of rotatable bonds is 8. The van der Waals surface area contributed by atoms with E-state index in [1.54, 1.807) is 24.3 Å². The molecule has 0 aliphatic heterocycles. The van der Waals surface area contributed by atoms with Gasteiger partial charge < -0.3 is 14.0 Å².